The van der Waals surface area contributed by atoms with Crippen LogP contribution in [0.25, 0.3) is 5.52 Å². The third-order valence-electron chi connectivity index (χ3n) is 5.13. The number of imidazole rings is 1. The van der Waals surface area contributed by atoms with Crippen LogP contribution in [0.3, 0.4) is 0 Å². The summed E-state index contributed by atoms with van der Waals surface area (Å²) in [7, 11) is 0. The number of para-hydroxylation sites is 1. The summed E-state index contributed by atoms with van der Waals surface area (Å²) in [5, 5.41) is 2.89. The highest BCUT2D eigenvalue weighted by Crippen LogP contribution is 2.29. The van der Waals surface area contributed by atoms with E-state index >= 15 is 0 Å². The predicted octanol–water partition coefficient (Wildman–Crippen LogP) is 3.46. The molecular formula is C22H24N4O2. The second kappa shape index (κ2) is 7.84. The molecule has 0 aliphatic carbocycles. The lowest BCUT2D eigenvalue weighted by atomic mass is 10.0. The molecule has 1 aliphatic rings. The van der Waals surface area contributed by atoms with Crippen LogP contribution in [0.5, 0.6) is 0 Å². The van der Waals surface area contributed by atoms with E-state index in [1.807, 2.05) is 36.4 Å². The van der Waals surface area contributed by atoms with E-state index in [4.69, 9.17) is 0 Å². The lowest BCUT2D eigenvalue weighted by Crippen LogP contribution is -2.35. The molecule has 0 atom stereocenters. The van der Waals surface area contributed by atoms with Crippen LogP contribution >= 0.6 is 0 Å². The van der Waals surface area contributed by atoms with Gasteiger partial charge in [0.15, 0.2) is 5.69 Å². The second-order valence-corrected chi connectivity index (χ2v) is 7.04. The zero-order valence-corrected chi connectivity index (χ0v) is 16.0. The van der Waals surface area contributed by atoms with E-state index < -0.39 is 0 Å². The Labute approximate surface area is 164 Å². The van der Waals surface area contributed by atoms with Gasteiger partial charge in [-0.05, 0) is 43.0 Å². The van der Waals surface area contributed by atoms with Crippen LogP contribution in [-0.4, -0.2) is 34.3 Å². The molecule has 0 saturated carbocycles. The van der Waals surface area contributed by atoms with E-state index in [0.29, 0.717) is 24.3 Å². The first kappa shape index (κ1) is 18.2. The van der Waals surface area contributed by atoms with Gasteiger partial charge in [0, 0.05) is 25.0 Å². The number of rotatable bonds is 5. The molecule has 2 amide bonds. The first-order valence-electron chi connectivity index (χ1n) is 9.85. The van der Waals surface area contributed by atoms with Crippen molar-refractivity contribution >= 4 is 23.0 Å². The third kappa shape index (κ3) is 3.26. The molecule has 1 aromatic carbocycles. The normalized spacial score (nSPS) is 13.4. The summed E-state index contributed by atoms with van der Waals surface area (Å²) in [6, 6.07) is 13.5. The molecule has 1 aliphatic heterocycles. The highest BCUT2D eigenvalue weighted by molar-refractivity contribution is 6.10. The van der Waals surface area contributed by atoms with E-state index in [1.54, 1.807) is 15.5 Å². The Balaban J connectivity index is 1.72. The number of hydrogen-bond donors (Lipinski definition) is 1. The van der Waals surface area contributed by atoms with Gasteiger partial charge < -0.3 is 10.2 Å². The molecule has 6 nitrogen and oxygen atoms in total. The average Bonchev–Trinajstić information content (AvgIpc) is 3.13. The summed E-state index contributed by atoms with van der Waals surface area (Å²) in [4.78, 5) is 32.3. The molecule has 6 heteroatoms. The van der Waals surface area contributed by atoms with Crippen molar-refractivity contribution in [1.29, 1.82) is 0 Å². The van der Waals surface area contributed by atoms with E-state index in [-0.39, 0.29) is 17.6 Å². The zero-order valence-electron chi connectivity index (χ0n) is 16.0. The maximum atomic E-state index is 13.4. The van der Waals surface area contributed by atoms with Crippen molar-refractivity contribution < 1.29 is 9.59 Å². The number of amides is 2. The van der Waals surface area contributed by atoms with E-state index in [9.17, 15) is 9.59 Å². The number of carbonyl (C=O) groups excluding carboxylic acids is 2. The number of carbonyl (C=O) groups is 2. The first-order valence-corrected chi connectivity index (χ1v) is 9.85. The number of pyridine rings is 1. The first-order chi connectivity index (χ1) is 13.7. The van der Waals surface area contributed by atoms with Crippen LogP contribution < -0.4 is 10.2 Å². The number of nitrogens with zero attached hydrogens (tertiary/aromatic N) is 3. The molecule has 0 saturated heterocycles. The zero-order chi connectivity index (χ0) is 19.5. The number of nitrogens with one attached hydrogen (secondary N) is 1. The topological polar surface area (TPSA) is 66.7 Å². The van der Waals surface area contributed by atoms with Crippen molar-refractivity contribution in [2.45, 2.75) is 32.6 Å². The minimum atomic E-state index is -0.257. The van der Waals surface area contributed by atoms with Crippen molar-refractivity contribution in [2.24, 2.45) is 0 Å². The second-order valence-electron chi connectivity index (χ2n) is 7.04. The Kier molecular flexibility index (Phi) is 5.10. The fourth-order valence-electron chi connectivity index (χ4n) is 3.69. The van der Waals surface area contributed by atoms with Crippen LogP contribution in [0.4, 0.5) is 5.69 Å². The fraction of sp³-hybridized carbons (Fsp3) is 0.318. The number of aromatic nitrogens is 2. The monoisotopic (exact) mass is 376 g/mol. The summed E-state index contributed by atoms with van der Waals surface area (Å²) in [5.41, 5.74) is 3.07. The van der Waals surface area contributed by atoms with Gasteiger partial charge in [-0.3, -0.25) is 14.0 Å². The van der Waals surface area contributed by atoms with Crippen molar-refractivity contribution in [1.82, 2.24) is 14.7 Å². The van der Waals surface area contributed by atoms with Crippen LogP contribution in [0.1, 0.15) is 52.9 Å². The number of anilines is 1. The van der Waals surface area contributed by atoms with Crippen LogP contribution in [0.2, 0.25) is 0 Å². The standard InChI is InChI=1S/C22H24N4O2/c1-2-3-13-23-21(27)20-24-19(18-12-6-7-14-25(18)20)22(28)26-15-8-10-16-9-4-5-11-17(16)26/h4-7,9,11-12,14H,2-3,8,10,13,15H2,1H3,(H,23,27). The summed E-state index contributed by atoms with van der Waals surface area (Å²) in [5.74, 6) is -0.170. The molecule has 0 bridgehead atoms. The lowest BCUT2D eigenvalue weighted by molar-refractivity contribution is 0.0942. The van der Waals surface area contributed by atoms with Gasteiger partial charge >= 0.3 is 0 Å². The average molecular weight is 376 g/mol. The minimum absolute atomic E-state index is 0.163. The largest absolute Gasteiger partial charge is 0.349 e. The molecule has 3 heterocycles. The Bertz CT molecular complexity index is 1020. The van der Waals surface area contributed by atoms with E-state index in [1.165, 1.54) is 5.56 Å². The van der Waals surface area contributed by atoms with Gasteiger partial charge in [0.05, 0.1) is 5.52 Å². The van der Waals surface area contributed by atoms with Gasteiger partial charge in [-0.25, -0.2) is 4.98 Å². The van der Waals surface area contributed by atoms with E-state index in [2.05, 4.69) is 23.3 Å². The Morgan fingerprint density at radius 3 is 2.82 bits per heavy atom. The molecule has 2 aromatic heterocycles. The fourth-order valence-corrected chi connectivity index (χ4v) is 3.69. The van der Waals surface area contributed by atoms with E-state index in [0.717, 1.165) is 31.4 Å². The molecule has 3 aromatic rings. The van der Waals surface area contributed by atoms with Gasteiger partial charge in [-0.1, -0.05) is 37.6 Å². The van der Waals surface area contributed by atoms with Crippen LogP contribution in [-0.2, 0) is 6.42 Å². The third-order valence-corrected chi connectivity index (χ3v) is 5.13. The number of aryl methyl sites for hydroxylation is 1. The molecule has 144 valence electrons. The molecule has 28 heavy (non-hydrogen) atoms. The number of hydrogen-bond acceptors (Lipinski definition) is 3. The van der Waals surface area contributed by atoms with Crippen molar-refractivity contribution in [3.05, 3.63) is 65.7 Å². The minimum Gasteiger partial charge on any atom is -0.349 e. The maximum absolute atomic E-state index is 13.4. The highest BCUT2D eigenvalue weighted by Gasteiger charge is 2.28. The quantitative estimate of drug-likeness (QED) is 0.694. The molecule has 0 radical (unpaired) electrons. The summed E-state index contributed by atoms with van der Waals surface area (Å²) in [6.07, 6.45) is 5.57. The number of benzene rings is 1. The maximum Gasteiger partial charge on any atom is 0.287 e. The molecule has 4 rings (SSSR count). The van der Waals surface area contributed by atoms with Crippen LogP contribution in [0, 0.1) is 0 Å². The molecule has 1 N–H and O–H groups in total. The number of fused-ring (bicyclic) bond motifs is 2. The van der Waals surface area contributed by atoms with Gasteiger partial charge in [0.2, 0.25) is 5.82 Å². The van der Waals surface area contributed by atoms with Crippen molar-refractivity contribution in [2.75, 3.05) is 18.0 Å². The molecule has 0 unspecified atom stereocenters. The van der Waals surface area contributed by atoms with Crippen LogP contribution in [0.15, 0.2) is 48.7 Å². The Hall–Kier alpha value is -3.15. The lowest BCUT2D eigenvalue weighted by Gasteiger charge is -2.28. The SMILES string of the molecule is CCCCNC(=O)c1nc(C(=O)N2CCCc3ccccc32)c2ccccn12. The highest BCUT2D eigenvalue weighted by atomic mass is 16.2. The molecule has 0 fully saturated rings. The van der Waals surface area contributed by atoms with Gasteiger partial charge in [-0.2, -0.15) is 0 Å². The summed E-state index contributed by atoms with van der Waals surface area (Å²) < 4.78 is 1.70. The molecular weight excluding hydrogens is 352 g/mol. The smallest absolute Gasteiger partial charge is 0.287 e. The van der Waals surface area contributed by atoms with Gasteiger partial charge in [-0.15, -0.1) is 0 Å². The predicted molar refractivity (Wildman–Crippen MR) is 109 cm³/mol. The summed E-state index contributed by atoms with van der Waals surface area (Å²) in [6.45, 7) is 3.32. The van der Waals surface area contributed by atoms with Gasteiger partial charge in [0.1, 0.15) is 0 Å². The molecule has 0 spiro atoms. The summed E-state index contributed by atoms with van der Waals surface area (Å²) >= 11 is 0. The Morgan fingerprint density at radius 1 is 1.14 bits per heavy atom. The van der Waals surface area contributed by atoms with Crippen molar-refractivity contribution in [3.8, 4) is 0 Å². The van der Waals surface area contributed by atoms with Crippen molar-refractivity contribution in [3.63, 3.8) is 0 Å². The Morgan fingerprint density at radius 2 is 1.96 bits per heavy atom. The van der Waals surface area contributed by atoms with Gasteiger partial charge in [0.25, 0.3) is 11.8 Å². The number of unbranched alkanes of at least 4 members (excludes halogenated alkanes) is 1.